The van der Waals surface area contributed by atoms with E-state index in [0.29, 0.717) is 22.9 Å². The van der Waals surface area contributed by atoms with Gasteiger partial charge >= 0.3 is 0 Å². The first-order valence-electron chi connectivity index (χ1n) is 10.8. The van der Waals surface area contributed by atoms with Crippen molar-refractivity contribution in [2.75, 3.05) is 25.5 Å². The molecule has 0 fully saturated rings. The summed E-state index contributed by atoms with van der Waals surface area (Å²) in [6, 6.07) is 22.5. The number of para-hydroxylation sites is 1. The minimum atomic E-state index is -4.16. The standard InChI is InChI=1S/C25H27N3O4S2/c1-19-23-11-7-8-12-24(23)28(34(31,32)22-9-5-4-6-10-22)25(19)33(29,30)26-18-17-20-13-15-21(16-14-20)27(2)3/h4-16,26H,17-18H2,1-3H3. The summed E-state index contributed by atoms with van der Waals surface area (Å²) in [5, 5.41) is 0.308. The molecule has 0 amide bonds. The van der Waals surface area contributed by atoms with Crippen LogP contribution in [0.5, 0.6) is 0 Å². The van der Waals surface area contributed by atoms with Gasteiger partial charge in [0.25, 0.3) is 20.0 Å². The number of hydrogen-bond donors (Lipinski definition) is 1. The maximum absolute atomic E-state index is 13.6. The zero-order chi connectivity index (χ0) is 24.5. The Hall–Kier alpha value is -3.14. The molecule has 1 aromatic heterocycles. The van der Waals surface area contributed by atoms with E-state index in [0.717, 1.165) is 15.2 Å². The van der Waals surface area contributed by atoms with Crippen molar-refractivity contribution in [1.82, 2.24) is 8.69 Å². The average molecular weight is 498 g/mol. The number of nitrogens with one attached hydrogen (secondary N) is 1. The van der Waals surface area contributed by atoms with E-state index < -0.39 is 20.0 Å². The summed E-state index contributed by atoms with van der Waals surface area (Å²) in [7, 11) is -4.39. The monoisotopic (exact) mass is 497 g/mol. The van der Waals surface area contributed by atoms with Crippen molar-refractivity contribution in [3.05, 3.63) is 90.0 Å². The van der Waals surface area contributed by atoms with Gasteiger partial charge in [-0.05, 0) is 54.8 Å². The normalized spacial score (nSPS) is 12.2. The van der Waals surface area contributed by atoms with E-state index in [9.17, 15) is 16.8 Å². The molecule has 1 N–H and O–H groups in total. The molecule has 4 rings (SSSR count). The molecular weight excluding hydrogens is 470 g/mol. The molecule has 0 saturated heterocycles. The van der Waals surface area contributed by atoms with Crippen molar-refractivity contribution in [3.63, 3.8) is 0 Å². The fourth-order valence-corrected chi connectivity index (χ4v) is 7.36. The van der Waals surface area contributed by atoms with Gasteiger partial charge in [0.1, 0.15) is 0 Å². The van der Waals surface area contributed by atoms with Gasteiger partial charge in [0, 0.05) is 31.7 Å². The third-order valence-corrected chi connectivity index (χ3v) is 9.15. The first kappa shape index (κ1) is 24.0. The van der Waals surface area contributed by atoms with Crippen LogP contribution in [0.2, 0.25) is 0 Å². The number of nitrogens with zero attached hydrogens (tertiary/aromatic N) is 2. The van der Waals surface area contributed by atoms with Gasteiger partial charge in [0.15, 0.2) is 5.03 Å². The zero-order valence-corrected chi connectivity index (χ0v) is 20.9. The highest BCUT2D eigenvalue weighted by atomic mass is 32.2. The molecule has 0 aliphatic rings. The van der Waals surface area contributed by atoms with Crippen molar-refractivity contribution in [2.45, 2.75) is 23.3 Å². The van der Waals surface area contributed by atoms with Crippen molar-refractivity contribution >= 4 is 36.6 Å². The molecule has 0 atom stereocenters. The number of aryl methyl sites for hydroxylation is 1. The second-order valence-electron chi connectivity index (χ2n) is 8.24. The predicted octanol–water partition coefficient (Wildman–Crippen LogP) is 3.77. The Morgan fingerprint density at radius 1 is 0.824 bits per heavy atom. The van der Waals surface area contributed by atoms with Gasteiger partial charge in [-0.3, -0.25) is 0 Å². The van der Waals surface area contributed by atoms with Crippen LogP contribution < -0.4 is 9.62 Å². The number of rotatable bonds is 8. The lowest BCUT2D eigenvalue weighted by atomic mass is 10.1. The number of fused-ring (bicyclic) bond motifs is 1. The van der Waals surface area contributed by atoms with Crippen LogP contribution in [-0.4, -0.2) is 41.4 Å². The minimum absolute atomic E-state index is 0.0215. The average Bonchev–Trinajstić information content (AvgIpc) is 3.14. The molecule has 0 radical (unpaired) electrons. The highest BCUT2D eigenvalue weighted by Crippen LogP contribution is 2.32. The summed E-state index contributed by atoms with van der Waals surface area (Å²) < 4.78 is 57.6. The lowest BCUT2D eigenvalue weighted by Crippen LogP contribution is -2.30. The first-order valence-corrected chi connectivity index (χ1v) is 13.7. The quantitative estimate of drug-likeness (QED) is 0.400. The van der Waals surface area contributed by atoms with Crippen LogP contribution in [0.15, 0.2) is 88.8 Å². The number of hydrogen-bond acceptors (Lipinski definition) is 5. The molecule has 4 aromatic rings. The van der Waals surface area contributed by atoms with Gasteiger partial charge in [-0.25, -0.2) is 25.5 Å². The molecule has 3 aromatic carbocycles. The van der Waals surface area contributed by atoms with E-state index in [2.05, 4.69) is 4.72 Å². The molecule has 0 spiro atoms. The van der Waals surface area contributed by atoms with E-state index in [1.54, 1.807) is 49.4 Å². The van der Waals surface area contributed by atoms with E-state index in [1.807, 2.05) is 43.3 Å². The van der Waals surface area contributed by atoms with E-state index in [1.165, 1.54) is 12.1 Å². The van der Waals surface area contributed by atoms with Crippen LogP contribution in [0.4, 0.5) is 5.69 Å². The van der Waals surface area contributed by atoms with Crippen LogP contribution in [0.3, 0.4) is 0 Å². The van der Waals surface area contributed by atoms with E-state index >= 15 is 0 Å². The van der Waals surface area contributed by atoms with Gasteiger partial charge in [-0.2, -0.15) is 0 Å². The van der Waals surface area contributed by atoms with Gasteiger partial charge < -0.3 is 4.90 Å². The van der Waals surface area contributed by atoms with Gasteiger partial charge in [0.05, 0.1) is 10.4 Å². The summed E-state index contributed by atoms with van der Waals surface area (Å²) in [6.45, 7) is 1.77. The van der Waals surface area contributed by atoms with E-state index in [-0.39, 0.29) is 16.5 Å². The van der Waals surface area contributed by atoms with Gasteiger partial charge in [-0.15, -0.1) is 0 Å². The highest BCUT2D eigenvalue weighted by Gasteiger charge is 2.32. The number of sulfonamides is 1. The summed E-state index contributed by atoms with van der Waals surface area (Å²) in [5.74, 6) is 0. The maximum Gasteiger partial charge on any atom is 0.269 e. The molecule has 0 bridgehead atoms. The lowest BCUT2D eigenvalue weighted by Gasteiger charge is -2.14. The highest BCUT2D eigenvalue weighted by molar-refractivity contribution is 7.92. The van der Waals surface area contributed by atoms with Crippen LogP contribution in [-0.2, 0) is 26.5 Å². The van der Waals surface area contributed by atoms with Crippen molar-refractivity contribution < 1.29 is 16.8 Å². The largest absolute Gasteiger partial charge is 0.378 e. The van der Waals surface area contributed by atoms with Crippen molar-refractivity contribution in [3.8, 4) is 0 Å². The third kappa shape index (κ3) is 4.46. The molecule has 178 valence electrons. The topological polar surface area (TPSA) is 88.5 Å². The SMILES string of the molecule is Cc1c(S(=O)(=O)NCCc2ccc(N(C)C)cc2)n(S(=O)(=O)c2ccccc2)c2ccccc12. The summed E-state index contributed by atoms with van der Waals surface area (Å²) in [6.07, 6.45) is 0.470. The van der Waals surface area contributed by atoms with Crippen molar-refractivity contribution in [1.29, 1.82) is 0 Å². The maximum atomic E-state index is 13.6. The van der Waals surface area contributed by atoms with Gasteiger partial charge in [-0.1, -0.05) is 48.5 Å². The smallest absolute Gasteiger partial charge is 0.269 e. The Labute approximate surface area is 200 Å². The predicted molar refractivity (Wildman–Crippen MR) is 135 cm³/mol. The molecular formula is C25H27N3O4S2. The summed E-state index contributed by atoms with van der Waals surface area (Å²) >= 11 is 0. The van der Waals surface area contributed by atoms with Gasteiger partial charge in [0.2, 0.25) is 0 Å². The van der Waals surface area contributed by atoms with Crippen LogP contribution in [0.25, 0.3) is 10.9 Å². The zero-order valence-electron chi connectivity index (χ0n) is 19.3. The fourth-order valence-electron chi connectivity index (χ4n) is 3.95. The Morgan fingerprint density at radius 2 is 1.44 bits per heavy atom. The fraction of sp³-hybridized carbons (Fsp3) is 0.200. The number of aromatic nitrogens is 1. The first-order chi connectivity index (χ1) is 16.1. The second-order valence-corrected chi connectivity index (χ2v) is 11.7. The Morgan fingerprint density at radius 3 is 2.09 bits per heavy atom. The number of benzene rings is 3. The Kier molecular flexibility index (Phi) is 6.53. The Balaban J connectivity index is 1.72. The molecule has 9 heteroatoms. The van der Waals surface area contributed by atoms with Crippen LogP contribution in [0, 0.1) is 6.92 Å². The van der Waals surface area contributed by atoms with Crippen LogP contribution >= 0.6 is 0 Å². The molecule has 1 heterocycles. The lowest BCUT2D eigenvalue weighted by molar-refractivity contribution is 0.565. The Bertz CT molecular complexity index is 1520. The second kappa shape index (κ2) is 9.25. The minimum Gasteiger partial charge on any atom is -0.378 e. The summed E-state index contributed by atoms with van der Waals surface area (Å²) in [5.41, 5.74) is 2.74. The third-order valence-electron chi connectivity index (χ3n) is 5.73. The molecule has 7 nitrogen and oxygen atoms in total. The molecule has 34 heavy (non-hydrogen) atoms. The molecule has 0 aliphatic carbocycles. The molecule has 0 unspecified atom stereocenters. The van der Waals surface area contributed by atoms with E-state index in [4.69, 9.17) is 0 Å². The summed E-state index contributed by atoms with van der Waals surface area (Å²) in [4.78, 5) is 2.01. The molecule has 0 aliphatic heterocycles. The van der Waals surface area contributed by atoms with Crippen LogP contribution in [0.1, 0.15) is 11.1 Å². The molecule has 0 saturated carbocycles. The van der Waals surface area contributed by atoms with Crippen molar-refractivity contribution in [2.24, 2.45) is 0 Å². The number of anilines is 1.